The van der Waals surface area contributed by atoms with Crippen LogP contribution in [0.2, 0.25) is 0 Å². The number of hydrogen-bond acceptors (Lipinski definition) is 5. The maximum atomic E-state index is 10.6. The van der Waals surface area contributed by atoms with Gasteiger partial charge in [0.1, 0.15) is 0 Å². The number of aliphatic carboxylic acids is 1. The van der Waals surface area contributed by atoms with Gasteiger partial charge >= 0.3 is 5.97 Å². The number of carboxylic acid groups (broad SMARTS) is 1. The summed E-state index contributed by atoms with van der Waals surface area (Å²) in [6.45, 7) is 5.51. The van der Waals surface area contributed by atoms with Crippen LogP contribution in [0, 0.1) is 0 Å². The molecule has 124 valence electrons. The van der Waals surface area contributed by atoms with E-state index in [1.54, 1.807) is 0 Å². The highest BCUT2D eigenvalue weighted by Crippen LogP contribution is 2.26. The van der Waals surface area contributed by atoms with Gasteiger partial charge in [-0.1, -0.05) is 6.07 Å². The van der Waals surface area contributed by atoms with E-state index >= 15 is 0 Å². The van der Waals surface area contributed by atoms with Crippen molar-refractivity contribution >= 4 is 17.3 Å². The molecule has 6 heteroatoms. The Morgan fingerprint density at radius 1 is 1.45 bits per heavy atom. The molecule has 1 N–H and O–H groups in total. The van der Waals surface area contributed by atoms with Gasteiger partial charge in [-0.2, -0.15) is 0 Å². The lowest BCUT2D eigenvalue weighted by atomic mass is 10.1. The zero-order valence-electron chi connectivity index (χ0n) is 13.2. The molecule has 0 radical (unpaired) electrons. The Hall–Kier alpha value is -0.950. The average Bonchev–Trinajstić information content (AvgIpc) is 3.04. The first-order valence-corrected chi connectivity index (χ1v) is 8.80. The molecule has 1 aliphatic rings. The van der Waals surface area contributed by atoms with Gasteiger partial charge in [0, 0.05) is 30.9 Å². The summed E-state index contributed by atoms with van der Waals surface area (Å²) in [5.74, 6) is -0.701. The van der Waals surface area contributed by atoms with E-state index < -0.39 is 5.97 Å². The summed E-state index contributed by atoms with van der Waals surface area (Å²) in [7, 11) is 2.13. The Kier molecular flexibility index (Phi) is 7.32. The summed E-state index contributed by atoms with van der Waals surface area (Å²) >= 11 is 1.81. The molecule has 1 unspecified atom stereocenters. The first-order chi connectivity index (χ1) is 10.7. The molecule has 22 heavy (non-hydrogen) atoms. The minimum atomic E-state index is -0.701. The van der Waals surface area contributed by atoms with Crippen molar-refractivity contribution < 1.29 is 14.6 Å². The van der Waals surface area contributed by atoms with Gasteiger partial charge in [-0.15, -0.1) is 11.3 Å². The van der Waals surface area contributed by atoms with Crippen LogP contribution >= 0.6 is 11.3 Å². The highest BCUT2D eigenvalue weighted by atomic mass is 32.1. The molecule has 0 bridgehead atoms. The van der Waals surface area contributed by atoms with Crippen LogP contribution in [-0.2, 0) is 9.53 Å². The minimum absolute atomic E-state index is 0.270. The van der Waals surface area contributed by atoms with Gasteiger partial charge in [0.2, 0.25) is 0 Å². The summed E-state index contributed by atoms with van der Waals surface area (Å²) < 4.78 is 5.47. The fourth-order valence-electron chi connectivity index (χ4n) is 2.80. The normalized spacial score (nSPS) is 17.7. The fourth-order valence-corrected chi connectivity index (χ4v) is 3.65. The molecule has 1 aromatic heterocycles. The lowest BCUT2D eigenvalue weighted by molar-refractivity contribution is -0.137. The third kappa shape index (κ3) is 5.68. The molecule has 0 spiro atoms. The highest BCUT2D eigenvalue weighted by molar-refractivity contribution is 7.10. The van der Waals surface area contributed by atoms with Crippen LogP contribution in [0.3, 0.4) is 0 Å². The molecule has 0 aromatic carbocycles. The molecular weight excluding hydrogens is 300 g/mol. The van der Waals surface area contributed by atoms with Crippen molar-refractivity contribution in [2.45, 2.75) is 25.3 Å². The Morgan fingerprint density at radius 2 is 2.23 bits per heavy atom. The monoisotopic (exact) mass is 326 g/mol. The van der Waals surface area contributed by atoms with Crippen molar-refractivity contribution in [2.75, 3.05) is 46.4 Å². The van der Waals surface area contributed by atoms with Crippen LogP contribution in [0.25, 0.3) is 0 Å². The summed E-state index contributed by atoms with van der Waals surface area (Å²) in [5.41, 5.74) is 0. The molecular formula is C16H26N2O3S. The number of likely N-dealkylation sites (N-methyl/N-ethyl adjacent to an activating group) is 1. The highest BCUT2D eigenvalue weighted by Gasteiger charge is 2.24. The number of carbonyl (C=O) groups is 1. The van der Waals surface area contributed by atoms with Crippen molar-refractivity contribution in [3.05, 3.63) is 22.4 Å². The number of thiophene rings is 1. The second-order valence-electron chi connectivity index (χ2n) is 5.79. The summed E-state index contributed by atoms with van der Waals surface area (Å²) in [5, 5.41) is 10.8. The molecule has 1 aliphatic heterocycles. The molecule has 0 saturated carbocycles. The van der Waals surface area contributed by atoms with Gasteiger partial charge < -0.3 is 14.7 Å². The SMILES string of the molecule is CN(CCCCC(=O)O)CC(c1cccs1)N1CCOCC1. The lowest BCUT2D eigenvalue weighted by Gasteiger charge is -2.36. The summed E-state index contributed by atoms with van der Waals surface area (Å²) in [6, 6.07) is 4.73. The number of ether oxygens (including phenoxy) is 1. The number of carboxylic acids is 1. The van der Waals surface area contributed by atoms with E-state index in [9.17, 15) is 4.79 Å². The van der Waals surface area contributed by atoms with E-state index in [0.717, 1.165) is 52.2 Å². The van der Waals surface area contributed by atoms with Gasteiger partial charge in [-0.3, -0.25) is 9.69 Å². The minimum Gasteiger partial charge on any atom is -0.481 e. The Morgan fingerprint density at radius 3 is 2.86 bits per heavy atom. The predicted molar refractivity (Wildman–Crippen MR) is 88.4 cm³/mol. The van der Waals surface area contributed by atoms with Crippen LogP contribution in [0.4, 0.5) is 0 Å². The lowest BCUT2D eigenvalue weighted by Crippen LogP contribution is -2.43. The molecule has 1 saturated heterocycles. The van der Waals surface area contributed by atoms with E-state index in [-0.39, 0.29) is 6.42 Å². The molecule has 0 amide bonds. The standard InChI is InChI=1S/C16H26N2O3S/c1-17(7-3-2-6-16(19)20)13-14(15-5-4-12-22-15)18-8-10-21-11-9-18/h4-5,12,14H,2-3,6-11,13H2,1H3,(H,19,20). The van der Waals surface area contributed by atoms with Gasteiger partial charge in [0.05, 0.1) is 19.3 Å². The molecule has 1 fully saturated rings. The van der Waals surface area contributed by atoms with Crippen LogP contribution in [0.1, 0.15) is 30.2 Å². The molecule has 5 nitrogen and oxygen atoms in total. The molecule has 2 heterocycles. The number of hydrogen-bond donors (Lipinski definition) is 1. The Bertz CT molecular complexity index is 433. The van der Waals surface area contributed by atoms with Gasteiger partial charge in [-0.05, 0) is 37.9 Å². The van der Waals surface area contributed by atoms with Crippen molar-refractivity contribution in [1.29, 1.82) is 0 Å². The van der Waals surface area contributed by atoms with Crippen LogP contribution < -0.4 is 0 Å². The largest absolute Gasteiger partial charge is 0.481 e. The zero-order chi connectivity index (χ0) is 15.8. The second kappa shape index (κ2) is 9.25. The zero-order valence-corrected chi connectivity index (χ0v) is 14.1. The van der Waals surface area contributed by atoms with Crippen LogP contribution in [0.15, 0.2) is 17.5 Å². The van der Waals surface area contributed by atoms with Crippen LogP contribution in [-0.4, -0.2) is 67.3 Å². The smallest absolute Gasteiger partial charge is 0.303 e. The van der Waals surface area contributed by atoms with Gasteiger partial charge in [0.25, 0.3) is 0 Å². The maximum Gasteiger partial charge on any atom is 0.303 e. The number of morpholine rings is 1. The van der Waals surface area contributed by atoms with E-state index in [1.165, 1.54) is 4.88 Å². The fraction of sp³-hybridized carbons (Fsp3) is 0.688. The van der Waals surface area contributed by atoms with Crippen molar-refractivity contribution in [3.63, 3.8) is 0 Å². The van der Waals surface area contributed by atoms with Gasteiger partial charge in [-0.25, -0.2) is 0 Å². The number of rotatable bonds is 9. The maximum absolute atomic E-state index is 10.6. The first-order valence-electron chi connectivity index (χ1n) is 7.92. The Labute approximate surface area is 136 Å². The third-order valence-electron chi connectivity index (χ3n) is 4.02. The average molecular weight is 326 g/mol. The first kappa shape index (κ1) is 17.4. The van der Waals surface area contributed by atoms with Crippen molar-refractivity contribution in [2.24, 2.45) is 0 Å². The molecule has 1 aromatic rings. The predicted octanol–water partition coefficient (Wildman–Crippen LogP) is 2.31. The van der Waals surface area contributed by atoms with E-state index in [2.05, 4.69) is 34.4 Å². The number of unbranched alkanes of at least 4 members (excludes halogenated alkanes) is 1. The quantitative estimate of drug-likeness (QED) is 0.706. The Balaban J connectivity index is 1.84. The third-order valence-corrected chi connectivity index (χ3v) is 5.00. The van der Waals surface area contributed by atoms with Crippen molar-refractivity contribution in [1.82, 2.24) is 9.80 Å². The molecule has 0 aliphatic carbocycles. The van der Waals surface area contributed by atoms with E-state index in [1.807, 2.05) is 11.3 Å². The number of nitrogens with zero attached hydrogens (tertiary/aromatic N) is 2. The van der Waals surface area contributed by atoms with Crippen LogP contribution in [0.5, 0.6) is 0 Å². The van der Waals surface area contributed by atoms with E-state index in [4.69, 9.17) is 9.84 Å². The molecule has 1 atom stereocenters. The topological polar surface area (TPSA) is 53.0 Å². The summed E-state index contributed by atoms with van der Waals surface area (Å²) in [6.07, 6.45) is 1.95. The second-order valence-corrected chi connectivity index (χ2v) is 6.77. The van der Waals surface area contributed by atoms with E-state index in [0.29, 0.717) is 6.04 Å². The molecule has 2 rings (SSSR count). The van der Waals surface area contributed by atoms with Crippen molar-refractivity contribution in [3.8, 4) is 0 Å². The van der Waals surface area contributed by atoms with Gasteiger partial charge in [0.15, 0.2) is 0 Å². The summed E-state index contributed by atoms with van der Waals surface area (Å²) in [4.78, 5) is 16.8.